The maximum atomic E-state index is 12.9. The van der Waals surface area contributed by atoms with Crippen LogP contribution in [-0.4, -0.2) is 34.3 Å². The fourth-order valence-corrected chi connectivity index (χ4v) is 2.99. The van der Waals surface area contributed by atoms with Crippen LogP contribution in [0.5, 0.6) is 5.75 Å². The molecule has 1 aliphatic rings. The first-order chi connectivity index (χ1) is 10.6. The summed E-state index contributed by atoms with van der Waals surface area (Å²) in [5.41, 5.74) is 3.30. The molecule has 0 aliphatic carbocycles. The average molecular weight is 300 g/mol. The van der Waals surface area contributed by atoms with Crippen LogP contribution < -0.4 is 9.64 Å². The molecule has 1 unspecified atom stereocenters. The highest BCUT2D eigenvalue weighted by Gasteiger charge is 2.30. The van der Waals surface area contributed by atoms with Crippen LogP contribution in [-0.2, 0) is 11.2 Å². The molecule has 1 aromatic heterocycles. The van der Waals surface area contributed by atoms with Crippen LogP contribution in [0.3, 0.4) is 0 Å². The Kier molecular flexibility index (Phi) is 3.83. The molecule has 0 saturated carbocycles. The number of ether oxygens (including phenoxy) is 1. The van der Waals surface area contributed by atoms with Gasteiger partial charge in [0, 0.05) is 6.54 Å². The molecule has 1 amide bonds. The Morgan fingerprint density at radius 3 is 2.91 bits per heavy atom. The first kappa shape index (κ1) is 14.6. The molecule has 0 fully saturated rings. The number of amides is 1. The Morgan fingerprint density at radius 1 is 1.41 bits per heavy atom. The highest BCUT2D eigenvalue weighted by molar-refractivity contribution is 5.98. The molecule has 116 valence electrons. The summed E-state index contributed by atoms with van der Waals surface area (Å²) in [6, 6.07) is 3.59. The maximum absolute atomic E-state index is 12.9. The van der Waals surface area contributed by atoms with Gasteiger partial charge in [0.15, 0.2) is 0 Å². The van der Waals surface area contributed by atoms with E-state index in [9.17, 15) is 4.79 Å². The number of aryl methyl sites for hydroxylation is 1. The summed E-state index contributed by atoms with van der Waals surface area (Å²) in [7, 11) is 1.64. The second-order valence-electron chi connectivity index (χ2n) is 5.56. The third-order valence-corrected chi connectivity index (χ3v) is 4.24. The van der Waals surface area contributed by atoms with Crippen molar-refractivity contribution in [1.29, 1.82) is 0 Å². The van der Waals surface area contributed by atoms with Crippen molar-refractivity contribution < 1.29 is 9.53 Å². The van der Waals surface area contributed by atoms with E-state index in [2.05, 4.69) is 17.0 Å². The van der Waals surface area contributed by atoms with E-state index in [1.54, 1.807) is 18.1 Å². The van der Waals surface area contributed by atoms with Gasteiger partial charge in [-0.15, -0.1) is 0 Å². The predicted octanol–water partition coefficient (Wildman–Crippen LogP) is 2.14. The van der Waals surface area contributed by atoms with Gasteiger partial charge in [0.2, 0.25) is 0 Å². The summed E-state index contributed by atoms with van der Waals surface area (Å²) in [5.74, 6) is 0.759. The van der Waals surface area contributed by atoms with Gasteiger partial charge in [-0.2, -0.15) is 5.10 Å². The SMILES string of the molecule is COc1ccc(C)c2c1N(C(=O)C(C)n1cncn1)CCC2. The topological polar surface area (TPSA) is 60.2 Å². The summed E-state index contributed by atoms with van der Waals surface area (Å²) in [6.45, 7) is 4.62. The number of fused-ring (bicyclic) bond motifs is 1. The number of rotatable bonds is 3. The number of carbonyl (C=O) groups is 1. The molecule has 2 aromatic rings. The van der Waals surface area contributed by atoms with Crippen molar-refractivity contribution in [2.45, 2.75) is 32.7 Å². The molecule has 6 nitrogen and oxygen atoms in total. The van der Waals surface area contributed by atoms with Crippen LogP contribution in [0.25, 0.3) is 0 Å². The first-order valence-corrected chi connectivity index (χ1v) is 7.45. The second-order valence-corrected chi connectivity index (χ2v) is 5.56. The number of hydrogen-bond acceptors (Lipinski definition) is 4. The molecule has 6 heteroatoms. The minimum atomic E-state index is -0.390. The smallest absolute Gasteiger partial charge is 0.251 e. The molecule has 22 heavy (non-hydrogen) atoms. The minimum Gasteiger partial charge on any atom is -0.495 e. The summed E-state index contributed by atoms with van der Waals surface area (Å²) in [6.07, 6.45) is 4.94. The first-order valence-electron chi connectivity index (χ1n) is 7.45. The fraction of sp³-hybridized carbons (Fsp3) is 0.438. The largest absolute Gasteiger partial charge is 0.495 e. The highest BCUT2D eigenvalue weighted by Crippen LogP contribution is 2.39. The molecule has 0 bridgehead atoms. The number of anilines is 1. The third kappa shape index (κ3) is 2.34. The number of carbonyl (C=O) groups excluding carboxylic acids is 1. The van der Waals surface area contributed by atoms with E-state index in [0.29, 0.717) is 6.54 Å². The fourth-order valence-electron chi connectivity index (χ4n) is 2.99. The van der Waals surface area contributed by atoms with Gasteiger partial charge in [-0.1, -0.05) is 6.07 Å². The van der Waals surface area contributed by atoms with Crippen LogP contribution in [0.2, 0.25) is 0 Å². The predicted molar refractivity (Wildman–Crippen MR) is 83.1 cm³/mol. The van der Waals surface area contributed by atoms with Crippen LogP contribution >= 0.6 is 0 Å². The maximum Gasteiger partial charge on any atom is 0.251 e. The number of nitrogens with zero attached hydrogens (tertiary/aromatic N) is 4. The Morgan fingerprint density at radius 2 is 2.23 bits per heavy atom. The lowest BCUT2D eigenvalue weighted by molar-refractivity contribution is -0.121. The van der Waals surface area contributed by atoms with Crippen molar-refractivity contribution in [2.75, 3.05) is 18.6 Å². The number of hydrogen-bond donors (Lipinski definition) is 0. The van der Waals surface area contributed by atoms with Crippen molar-refractivity contribution in [3.63, 3.8) is 0 Å². The zero-order chi connectivity index (χ0) is 15.7. The number of methoxy groups -OCH3 is 1. The molecule has 1 atom stereocenters. The van der Waals surface area contributed by atoms with Gasteiger partial charge < -0.3 is 9.64 Å². The monoisotopic (exact) mass is 300 g/mol. The van der Waals surface area contributed by atoms with Crippen molar-refractivity contribution in [1.82, 2.24) is 14.8 Å². The average Bonchev–Trinajstić information content (AvgIpc) is 3.08. The lowest BCUT2D eigenvalue weighted by Crippen LogP contribution is -2.40. The van der Waals surface area contributed by atoms with E-state index in [4.69, 9.17) is 4.74 Å². The zero-order valence-corrected chi connectivity index (χ0v) is 13.1. The van der Waals surface area contributed by atoms with Crippen LogP contribution in [0.1, 0.15) is 30.5 Å². The second kappa shape index (κ2) is 5.79. The van der Waals surface area contributed by atoms with Gasteiger partial charge in [-0.05, 0) is 43.9 Å². The Bertz CT molecular complexity index is 682. The van der Waals surface area contributed by atoms with Gasteiger partial charge in [0.25, 0.3) is 5.91 Å². The molecule has 3 rings (SSSR count). The van der Waals surface area contributed by atoms with E-state index < -0.39 is 6.04 Å². The van der Waals surface area contributed by atoms with E-state index in [0.717, 1.165) is 24.3 Å². The number of aromatic nitrogens is 3. The molecular formula is C16H20N4O2. The van der Waals surface area contributed by atoms with Crippen LogP contribution in [0.4, 0.5) is 5.69 Å². The molecule has 0 radical (unpaired) electrons. The van der Waals surface area contributed by atoms with Gasteiger partial charge in [0.1, 0.15) is 24.4 Å². The van der Waals surface area contributed by atoms with Crippen molar-refractivity contribution >= 4 is 11.6 Å². The van der Waals surface area contributed by atoms with E-state index >= 15 is 0 Å². The summed E-state index contributed by atoms with van der Waals surface area (Å²) in [4.78, 5) is 18.7. The molecule has 0 spiro atoms. The highest BCUT2D eigenvalue weighted by atomic mass is 16.5. The normalized spacial score (nSPS) is 15.3. The molecule has 1 aromatic carbocycles. The summed E-state index contributed by atoms with van der Waals surface area (Å²) >= 11 is 0. The van der Waals surface area contributed by atoms with Gasteiger partial charge in [-0.25, -0.2) is 9.67 Å². The Balaban J connectivity index is 2.01. The van der Waals surface area contributed by atoms with Gasteiger partial charge in [0.05, 0.1) is 12.8 Å². The lowest BCUT2D eigenvalue weighted by Gasteiger charge is -2.33. The van der Waals surface area contributed by atoms with Gasteiger partial charge >= 0.3 is 0 Å². The molecule has 1 aliphatic heterocycles. The molecular weight excluding hydrogens is 280 g/mol. The zero-order valence-electron chi connectivity index (χ0n) is 13.1. The summed E-state index contributed by atoms with van der Waals surface area (Å²) < 4.78 is 7.07. The molecule has 2 heterocycles. The summed E-state index contributed by atoms with van der Waals surface area (Å²) in [5, 5.41) is 4.07. The third-order valence-electron chi connectivity index (χ3n) is 4.24. The Labute approximate surface area is 129 Å². The molecule has 0 saturated heterocycles. The van der Waals surface area contributed by atoms with Crippen LogP contribution in [0, 0.1) is 6.92 Å². The van der Waals surface area contributed by atoms with E-state index in [1.807, 2.05) is 24.0 Å². The lowest BCUT2D eigenvalue weighted by atomic mass is 9.96. The number of benzene rings is 1. The Hall–Kier alpha value is -2.37. The van der Waals surface area contributed by atoms with Crippen molar-refractivity contribution in [3.05, 3.63) is 35.9 Å². The van der Waals surface area contributed by atoms with Gasteiger partial charge in [-0.3, -0.25) is 4.79 Å². The van der Waals surface area contributed by atoms with E-state index in [1.165, 1.54) is 17.5 Å². The van der Waals surface area contributed by atoms with Crippen molar-refractivity contribution in [2.24, 2.45) is 0 Å². The molecule has 0 N–H and O–H groups in total. The van der Waals surface area contributed by atoms with Crippen molar-refractivity contribution in [3.8, 4) is 5.75 Å². The van der Waals surface area contributed by atoms with E-state index in [-0.39, 0.29) is 5.91 Å². The minimum absolute atomic E-state index is 0.00958. The van der Waals surface area contributed by atoms with Crippen LogP contribution in [0.15, 0.2) is 24.8 Å². The standard InChI is InChI=1S/C16H20N4O2/c1-11-6-7-14(22-3)15-13(11)5-4-8-19(15)16(21)12(2)20-10-17-9-18-20/h6-7,9-10,12H,4-5,8H2,1-3H3. The quantitative estimate of drug-likeness (QED) is 0.871.